The van der Waals surface area contributed by atoms with Crippen molar-refractivity contribution in [3.8, 4) is 17.2 Å². The topological polar surface area (TPSA) is 76.1 Å². The number of anilines is 1. The van der Waals surface area contributed by atoms with Crippen molar-refractivity contribution in [3.05, 3.63) is 53.1 Å². The third kappa shape index (κ3) is 3.03. The molecule has 0 unspecified atom stereocenters. The van der Waals surface area contributed by atoms with Gasteiger partial charge in [0.2, 0.25) is 0 Å². The van der Waals surface area contributed by atoms with Gasteiger partial charge in [-0.1, -0.05) is 12.1 Å². The summed E-state index contributed by atoms with van der Waals surface area (Å²) in [7, 11) is 0. The lowest BCUT2D eigenvalue weighted by molar-refractivity contribution is 0.0526. The average molecular weight is 280 g/mol. The van der Waals surface area contributed by atoms with Crippen LogP contribution >= 0.6 is 0 Å². The van der Waals surface area contributed by atoms with Gasteiger partial charge in [-0.25, -0.2) is 4.79 Å². The number of nitrogen functional groups attached to an aromatic ring is 1. The fourth-order valence-corrected chi connectivity index (χ4v) is 2.10. The van der Waals surface area contributed by atoms with E-state index in [-0.39, 0.29) is 5.97 Å². The van der Waals surface area contributed by atoms with Crippen LogP contribution in [-0.4, -0.2) is 12.6 Å². The number of benzene rings is 2. The smallest absolute Gasteiger partial charge is 0.338 e. The number of rotatable bonds is 3. The van der Waals surface area contributed by atoms with Crippen molar-refractivity contribution >= 4 is 11.7 Å². The van der Waals surface area contributed by atoms with Crippen LogP contribution in [0.25, 0.3) is 11.1 Å². The number of nitrogens with zero attached hydrogens (tertiary/aromatic N) is 1. The van der Waals surface area contributed by atoms with Crippen LogP contribution in [-0.2, 0) is 4.74 Å². The summed E-state index contributed by atoms with van der Waals surface area (Å²) in [6.45, 7) is 3.96. The van der Waals surface area contributed by atoms with E-state index in [1.165, 1.54) is 0 Å². The summed E-state index contributed by atoms with van der Waals surface area (Å²) in [5.74, 6) is -0.371. The lowest BCUT2D eigenvalue weighted by Gasteiger charge is -2.10. The molecule has 0 amide bonds. The minimum Gasteiger partial charge on any atom is -0.462 e. The van der Waals surface area contributed by atoms with E-state index < -0.39 is 0 Å². The highest BCUT2D eigenvalue weighted by Gasteiger charge is 2.11. The Morgan fingerprint density at radius 2 is 2.05 bits per heavy atom. The van der Waals surface area contributed by atoms with E-state index in [1.54, 1.807) is 31.2 Å². The summed E-state index contributed by atoms with van der Waals surface area (Å²) in [6.07, 6.45) is 0. The normalized spacial score (nSPS) is 9.95. The van der Waals surface area contributed by atoms with Gasteiger partial charge in [0.05, 0.1) is 23.8 Å². The van der Waals surface area contributed by atoms with Gasteiger partial charge in [-0.2, -0.15) is 5.26 Å². The quantitative estimate of drug-likeness (QED) is 0.691. The van der Waals surface area contributed by atoms with Crippen molar-refractivity contribution in [2.45, 2.75) is 13.8 Å². The highest BCUT2D eigenvalue weighted by molar-refractivity contribution is 5.93. The highest BCUT2D eigenvalue weighted by Crippen LogP contribution is 2.28. The minimum atomic E-state index is -0.371. The second-order valence-electron chi connectivity index (χ2n) is 4.66. The Morgan fingerprint density at radius 1 is 1.29 bits per heavy atom. The summed E-state index contributed by atoms with van der Waals surface area (Å²) >= 11 is 0. The highest BCUT2D eigenvalue weighted by atomic mass is 16.5. The molecule has 21 heavy (non-hydrogen) atoms. The first-order valence-corrected chi connectivity index (χ1v) is 6.64. The van der Waals surface area contributed by atoms with Crippen LogP contribution in [0.4, 0.5) is 5.69 Å². The third-order valence-corrected chi connectivity index (χ3v) is 3.22. The second-order valence-corrected chi connectivity index (χ2v) is 4.66. The molecular weight excluding hydrogens is 264 g/mol. The van der Waals surface area contributed by atoms with Crippen LogP contribution in [0.2, 0.25) is 0 Å². The maximum Gasteiger partial charge on any atom is 0.338 e. The summed E-state index contributed by atoms with van der Waals surface area (Å²) < 4.78 is 5.00. The summed E-state index contributed by atoms with van der Waals surface area (Å²) in [5, 5.41) is 8.97. The zero-order chi connectivity index (χ0) is 15.4. The Bertz CT molecular complexity index is 730. The molecule has 4 nitrogen and oxygen atoms in total. The minimum absolute atomic E-state index is 0.328. The van der Waals surface area contributed by atoms with Gasteiger partial charge in [-0.15, -0.1) is 0 Å². The molecule has 0 saturated carbocycles. The molecule has 2 aromatic carbocycles. The maximum absolute atomic E-state index is 11.8. The summed E-state index contributed by atoms with van der Waals surface area (Å²) in [5.41, 5.74) is 10.2. The SMILES string of the molecule is CCOC(=O)c1ccc(N)c(-c2ccc(C#N)c(C)c2)c1. The predicted octanol–water partition coefficient (Wildman–Crippen LogP) is 3.29. The second kappa shape index (κ2) is 6.10. The Hall–Kier alpha value is -2.80. The van der Waals surface area contributed by atoms with Crippen molar-refractivity contribution in [3.63, 3.8) is 0 Å². The molecule has 0 aromatic heterocycles. The molecule has 2 N–H and O–H groups in total. The largest absolute Gasteiger partial charge is 0.462 e. The molecule has 0 aliphatic rings. The molecule has 0 fully saturated rings. The fourth-order valence-electron chi connectivity index (χ4n) is 2.10. The van der Waals surface area contributed by atoms with Gasteiger partial charge in [0.1, 0.15) is 0 Å². The van der Waals surface area contributed by atoms with E-state index in [1.807, 2.05) is 19.1 Å². The molecule has 0 radical (unpaired) electrons. The van der Waals surface area contributed by atoms with E-state index in [0.29, 0.717) is 23.4 Å². The van der Waals surface area contributed by atoms with Crippen molar-refractivity contribution in [2.75, 3.05) is 12.3 Å². The van der Waals surface area contributed by atoms with Crippen molar-refractivity contribution in [1.29, 1.82) is 5.26 Å². The molecule has 4 heteroatoms. The number of aryl methyl sites for hydroxylation is 1. The van der Waals surface area contributed by atoms with E-state index >= 15 is 0 Å². The van der Waals surface area contributed by atoms with E-state index in [0.717, 1.165) is 16.7 Å². The Morgan fingerprint density at radius 3 is 2.67 bits per heavy atom. The van der Waals surface area contributed by atoms with Gasteiger partial charge >= 0.3 is 5.97 Å². The van der Waals surface area contributed by atoms with Gasteiger partial charge in [0, 0.05) is 11.3 Å². The van der Waals surface area contributed by atoms with Crippen LogP contribution in [0, 0.1) is 18.3 Å². The Labute approximate surface area is 123 Å². The molecule has 0 aliphatic carbocycles. The Kier molecular flexibility index (Phi) is 4.24. The molecule has 0 spiro atoms. The average Bonchev–Trinajstić information content (AvgIpc) is 2.48. The summed E-state index contributed by atoms with van der Waals surface area (Å²) in [6, 6.07) is 12.6. The number of ether oxygens (including phenoxy) is 1. The zero-order valence-corrected chi connectivity index (χ0v) is 12.0. The van der Waals surface area contributed by atoms with Crippen LogP contribution in [0.15, 0.2) is 36.4 Å². The van der Waals surface area contributed by atoms with Crippen LogP contribution in [0.3, 0.4) is 0 Å². The number of hydrogen-bond acceptors (Lipinski definition) is 4. The first kappa shape index (κ1) is 14.6. The number of hydrogen-bond donors (Lipinski definition) is 1. The first-order chi connectivity index (χ1) is 10.1. The number of carbonyl (C=O) groups excluding carboxylic acids is 1. The van der Waals surface area contributed by atoms with Gasteiger partial charge < -0.3 is 10.5 Å². The van der Waals surface area contributed by atoms with E-state index in [9.17, 15) is 4.79 Å². The van der Waals surface area contributed by atoms with Crippen molar-refractivity contribution in [2.24, 2.45) is 0 Å². The number of esters is 1. The van der Waals surface area contributed by atoms with E-state index in [2.05, 4.69) is 6.07 Å². The summed E-state index contributed by atoms with van der Waals surface area (Å²) in [4.78, 5) is 11.8. The molecule has 0 atom stereocenters. The maximum atomic E-state index is 11.8. The Balaban J connectivity index is 2.48. The number of carbonyl (C=O) groups is 1. The molecule has 0 heterocycles. The number of nitrogens with two attached hydrogens (primary N) is 1. The van der Waals surface area contributed by atoms with Crippen molar-refractivity contribution < 1.29 is 9.53 Å². The zero-order valence-electron chi connectivity index (χ0n) is 12.0. The fraction of sp³-hybridized carbons (Fsp3) is 0.176. The molecule has 0 saturated heterocycles. The van der Waals surface area contributed by atoms with Crippen LogP contribution in [0.5, 0.6) is 0 Å². The van der Waals surface area contributed by atoms with E-state index in [4.69, 9.17) is 15.7 Å². The lowest BCUT2D eigenvalue weighted by atomic mass is 9.97. The monoisotopic (exact) mass is 280 g/mol. The van der Waals surface area contributed by atoms with Gasteiger partial charge in [-0.05, 0) is 49.2 Å². The molecule has 0 aliphatic heterocycles. The molecular formula is C17H16N2O2. The number of nitriles is 1. The van der Waals surface area contributed by atoms with Crippen LogP contribution < -0.4 is 5.73 Å². The van der Waals surface area contributed by atoms with Crippen molar-refractivity contribution in [1.82, 2.24) is 0 Å². The lowest BCUT2D eigenvalue weighted by Crippen LogP contribution is -2.05. The molecule has 0 bridgehead atoms. The van der Waals surface area contributed by atoms with Gasteiger partial charge in [0.25, 0.3) is 0 Å². The molecule has 2 rings (SSSR count). The van der Waals surface area contributed by atoms with Gasteiger partial charge in [-0.3, -0.25) is 0 Å². The predicted molar refractivity (Wildman–Crippen MR) is 81.7 cm³/mol. The molecule has 106 valence electrons. The first-order valence-electron chi connectivity index (χ1n) is 6.64. The third-order valence-electron chi connectivity index (χ3n) is 3.22. The molecule has 2 aromatic rings. The van der Waals surface area contributed by atoms with Gasteiger partial charge in [0.15, 0.2) is 0 Å². The standard InChI is InChI=1S/C17H16N2O2/c1-3-21-17(20)13-6-7-16(19)15(9-13)12-4-5-14(10-18)11(2)8-12/h4-9H,3,19H2,1-2H3. The van der Waals surface area contributed by atoms with Crippen LogP contribution in [0.1, 0.15) is 28.4 Å².